The lowest BCUT2D eigenvalue weighted by Gasteiger charge is -2.41. The van der Waals surface area contributed by atoms with Gasteiger partial charge in [-0.25, -0.2) is 4.79 Å². The highest BCUT2D eigenvalue weighted by Gasteiger charge is 2.40. The molecule has 4 nitrogen and oxygen atoms in total. The van der Waals surface area contributed by atoms with Crippen molar-refractivity contribution in [1.82, 2.24) is 4.90 Å². The van der Waals surface area contributed by atoms with Crippen molar-refractivity contribution in [3.8, 4) is 0 Å². The van der Waals surface area contributed by atoms with E-state index >= 15 is 0 Å². The van der Waals surface area contributed by atoms with Crippen LogP contribution >= 0.6 is 0 Å². The summed E-state index contributed by atoms with van der Waals surface area (Å²) in [6.45, 7) is 8.91. The summed E-state index contributed by atoms with van der Waals surface area (Å²) in [4.78, 5) is 25.6. The zero-order chi connectivity index (χ0) is 16.4. The zero-order valence-electron chi connectivity index (χ0n) is 14.1. The molecule has 1 amide bonds. The van der Waals surface area contributed by atoms with Gasteiger partial charge in [-0.05, 0) is 46.0 Å². The summed E-state index contributed by atoms with van der Waals surface area (Å²) in [5.41, 5.74) is 0.321. The number of aldehydes is 1. The topological polar surface area (TPSA) is 46.6 Å². The average molecular weight is 305 g/mol. The van der Waals surface area contributed by atoms with E-state index in [9.17, 15) is 9.59 Å². The van der Waals surface area contributed by atoms with E-state index in [0.717, 1.165) is 12.7 Å². The van der Waals surface area contributed by atoms with Gasteiger partial charge in [0.1, 0.15) is 11.9 Å². The Hall–Kier alpha value is -1.58. The lowest BCUT2D eigenvalue weighted by molar-refractivity contribution is -0.116. The number of carbonyl (C=O) groups is 2. The van der Waals surface area contributed by atoms with Crippen LogP contribution in [-0.4, -0.2) is 36.0 Å². The summed E-state index contributed by atoms with van der Waals surface area (Å²) in [5, 5.41) is 0. The van der Waals surface area contributed by atoms with Crippen LogP contribution in [0, 0.1) is 11.3 Å². The first-order chi connectivity index (χ1) is 10.3. The highest BCUT2D eigenvalue weighted by atomic mass is 16.6. The van der Waals surface area contributed by atoms with Gasteiger partial charge in [-0.2, -0.15) is 0 Å². The summed E-state index contributed by atoms with van der Waals surface area (Å²) < 4.78 is 5.41. The molecular formula is C18H27NO3. The molecule has 1 saturated heterocycles. The number of likely N-dealkylation sites (tertiary alicyclic amines) is 1. The predicted molar refractivity (Wildman–Crippen MR) is 86.5 cm³/mol. The molecule has 0 saturated carbocycles. The van der Waals surface area contributed by atoms with Crippen LogP contribution in [0.2, 0.25) is 0 Å². The van der Waals surface area contributed by atoms with Gasteiger partial charge in [0.2, 0.25) is 0 Å². The predicted octanol–water partition coefficient (Wildman–Crippen LogP) is 3.73. The third-order valence-corrected chi connectivity index (χ3v) is 4.45. The minimum atomic E-state index is -0.484. The average Bonchev–Trinajstić information content (AvgIpc) is 2.45. The molecule has 0 N–H and O–H groups in total. The molecule has 1 aliphatic heterocycles. The molecule has 2 aliphatic rings. The van der Waals surface area contributed by atoms with Crippen LogP contribution in [0.4, 0.5) is 4.79 Å². The van der Waals surface area contributed by atoms with E-state index in [2.05, 4.69) is 25.2 Å². The van der Waals surface area contributed by atoms with E-state index in [0.29, 0.717) is 31.8 Å². The Morgan fingerprint density at radius 1 is 1.36 bits per heavy atom. The van der Waals surface area contributed by atoms with E-state index in [1.165, 1.54) is 5.57 Å². The van der Waals surface area contributed by atoms with Crippen molar-refractivity contribution in [3.05, 3.63) is 23.8 Å². The summed E-state index contributed by atoms with van der Waals surface area (Å²) in [6.07, 6.45) is 9.41. The molecule has 0 aromatic heterocycles. The van der Waals surface area contributed by atoms with Crippen LogP contribution in [0.1, 0.15) is 47.0 Å². The smallest absolute Gasteiger partial charge is 0.410 e. The van der Waals surface area contributed by atoms with E-state index < -0.39 is 11.0 Å². The number of piperidine rings is 1. The highest BCUT2D eigenvalue weighted by molar-refractivity contribution is 5.70. The van der Waals surface area contributed by atoms with Gasteiger partial charge in [-0.1, -0.05) is 30.7 Å². The third-order valence-electron chi connectivity index (χ3n) is 4.45. The molecule has 0 aromatic carbocycles. The molecule has 1 unspecified atom stereocenters. The molecule has 1 atom stereocenters. The Balaban J connectivity index is 2.03. The van der Waals surface area contributed by atoms with Crippen LogP contribution in [0.25, 0.3) is 0 Å². The van der Waals surface area contributed by atoms with Gasteiger partial charge in [0.25, 0.3) is 0 Å². The Kier molecular flexibility index (Phi) is 4.78. The fraction of sp³-hybridized carbons (Fsp3) is 0.667. The Labute approximate surface area is 133 Å². The SMILES string of the molecule is CC1C=CC=C(C2(C=O)CCN(C(=O)OC(C)(C)C)CC2)C1. The molecule has 2 rings (SSSR count). The third kappa shape index (κ3) is 3.79. The van der Waals surface area contributed by atoms with Crippen LogP contribution in [0.3, 0.4) is 0 Å². The van der Waals surface area contributed by atoms with Crippen molar-refractivity contribution in [2.45, 2.75) is 52.6 Å². The van der Waals surface area contributed by atoms with E-state index in [4.69, 9.17) is 4.74 Å². The number of ether oxygens (including phenoxy) is 1. The van der Waals surface area contributed by atoms with Gasteiger partial charge in [0.15, 0.2) is 0 Å². The van der Waals surface area contributed by atoms with Crippen molar-refractivity contribution >= 4 is 12.4 Å². The molecule has 1 aliphatic carbocycles. The number of allylic oxidation sites excluding steroid dienone is 4. The number of carbonyl (C=O) groups excluding carboxylic acids is 2. The zero-order valence-corrected chi connectivity index (χ0v) is 14.1. The highest BCUT2D eigenvalue weighted by Crippen LogP contribution is 2.41. The van der Waals surface area contributed by atoms with Gasteiger partial charge in [0, 0.05) is 13.1 Å². The maximum atomic E-state index is 12.1. The van der Waals surface area contributed by atoms with Crippen molar-refractivity contribution in [2.75, 3.05) is 13.1 Å². The summed E-state index contributed by atoms with van der Waals surface area (Å²) in [6, 6.07) is 0. The summed E-state index contributed by atoms with van der Waals surface area (Å²) >= 11 is 0. The second kappa shape index (κ2) is 6.27. The van der Waals surface area contributed by atoms with Crippen molar-refractivity contribution < 1.29 is 14.3 Å². The largest absolute Gasteiger partial charge is 0.444 e. The van der Waals surface area contributed by atoms with Gasteiger partial charge < -0.3 is 14.4 Å². The lowest BCUT2D eigenvalue weighted by Crippen LogP contribution is -2.46. The molecule has 0 spiro atoms. The van der Waals surface area contributed by atoms with Gasteiger partial charge in [-0.3, -0.25) is 0 Å². The molecule has 0 aromatic rings. The van der Waals surface area contributed by atoms with Crippen molar-refractivity contribution in [1.29, 1.82) is 0 Å². The van der Waals surface area contributed by atoms with E-state index in [1.54, 1.807) is 4.90 Å². The van der Waals surface area contributed by atoms with Crippen LogP contribution in [0.5, 0.6) is 0 Å². The summed E-state index contributed by atoms with van der Waals surface area (Å²) in [5.74, 6) is 0.473. The Morgan fingerprint density at radius 3 is 2.50 bits per heavy atom. The van der Waals surface area contributed by atoms with Crippen molar-refractivity contribution in [3.63, 3.8) is 0 Å². The first-order valence-corrected chi connectivity index (χ1v) is 8.08. The van der Waals surface area contributed by atoms with Crippen LogP contribution < -0.4 is 0 Å². The van der Waals surface area contributed by atoms with E-state index in [-0.39, 0.29) is 6.09 Å². The number of amides is 1. The maximum Gasteiger partial charge on any atom is 0.410 e. The molecule has 4 heteroatoms. The Bertz CT molecular complexity index is 491. The number of rotatable bonds is 2. The minimum absolute atomic E-state index is 0.280. The molecule has 1 heterocycles. The monoisotopic (exact) mass is 305 g/mol. The fourth-order valence-electron chi connectivity index (χ4n) is 3.14. The lowest BCUT2D eigenvalue weighted by atomic mass is 9.70. The quantitative estimate of drug-likeness (QED) is 0.730. The molecule has 1 fully saturated rings. The summed E-state index contributed by atoms with van der Waals surface area (Å²) in [7, 11) is 0. The second-order valence-corrected chi connectivity index (χ2v) is 7.50. The molecule has 22 heavy (non-hydrogen) atoms. The van der Waals surface area contributed by atoms with E-state index in [1.807, 2.05) is 20.8 Å². The van der Waals surface area contributed by atoms with Crippen LogP contribution in [-0.2, 0) is 9.53 Å². The molecule has 122 valence electrons. The fourth-order valence-corrected chi connectivity index (χ4v) is 3.14. The second-order valence-electron chi connectivity index (χ2n) is 7.50. The first-order valence-electron chi connectivity index (χ1n) is 8.08. The minimum Gasteiger partial charge on any atom is -0.444 e. The van der Waals surface area contributed by atoms with Crippen LogP contribution in [0.15, 0.2) is 23.8 Å². The number of nitrogens with zero attached hydrogens (tertiary/aromatic N) is 1. The maximum absolute atomic E-state index is 12.1. The first kappa shape index (κ1) is 16.8. The number of hydrogen-bond donors (Lipinski definition) is 0. The van der Waals surface area contributed by atoms with Gasteiger partial charge in [0.05, 0.1) is 5.41 Å². The van der Waals surface area contributed by atoms with Crippen molar-refractivity contribution in [2.24, 2.45) is 11.3 Å². The molecule has 0 bridgehead atoms. The number of hydrogen-bond acceptors (Lipinski definition) is 3. The molecule has 0 radical (unpaired) electrons. The molecular weight excluding hydrogens is 278 g/mol. The Morgan fingerprint density at radius 2 is 2.00 bits per heavy atom. The van der Waals surface area contributed by atoms with Gasteiger partial charge in [-0.15, -0.1) is 0 Å². The van der Waals surface area contributed by atoms with Gasteiger partial charge >= 0.3 is 6.09 Å². The normalized spacial score (nSPS) is 24.6. The standard InChI is InChI=1S/C18H27NO3/c1-14-6-5-7-15(12-14)18(13-20)8-10-19(11-9-18)16(21)22-17(2,3)4/h5-7,13-14H,8-12H2,1-4H3.